The van der Waals surface area contributed by atoms with Gasteiger partial charge in [-0.25, -0.2) is 0 Å². The summed E-state index contributed by atoms with van der Waals surface area (Å²) in [5, 5.41) is 8.76. The van der Waals surface area contributed by atoms with Crippen molar-refractivity contribution >= 4 is 9.76 Å². The Morgan fingerprint density at radius 2 is 2.58 bits per heavy atom. The molecule has 1 fully saturated rings. The van der Waals surface area contributed by atoms with Crippen LogP contribution in [0.25, 0.3) is 0 Å². The largest absolute Gasteiger partial charge is 0.421 e. The zero-order valence-electron chi connectivity index (χ0n) is 7.75. The molecular formula is C9H17NOSi. The topological polar surface area (TPSA) is 33.0 Å². The molecule has 0 aromatic heterocycles. The summed E-state index contributed by atoms with van der Waals surface area (Å²) in [5.74, 6) is 0.224. The Kier molecular flexibility index (Phi) is 4.34. The Morgan fingerprint density at radius 1 is 1.75 bits per heavy atom. The van der Waals surface area contributed by atoms with Gasteiger partial charge in [-0.3, -0.25) is 0 Å². The predicted molar refractivity (Wildman–Crippen MR) is 51.5 cm³/mol. The van der Waals surface area contributed by atoms with Gasteiger partial charge < -0.3 is 4.43 Å². The Labute approximate surface area is 76.9 Å². The van der Waals surface area contributed by atoms with E-state index >= 15 is 0 Å². The van der Waals surface area contributed by atoms with Gasteiger partial charge in [0, 0.05) is 12.0 Å². The third-order valence-corrected chi connectivity index (χ3v) is 3.99. The third kappa shape index (κ3) is 2.96. The van der Waals surface area contributed by atoms with Crippen LogP contribution in [0.5, 0.6) is 0 Å². The van der Waals surface area contributed by atoms with Crippen molar-refractivity contribution in [3.8, 4) is 6.07 Å². The Bertz CT molecular complexity index is 160. The molecule has 1 rings (SSSR count). The second-order valence-electron chi connectivity index (χ2n) is 3.46. The number of nitrogens with zero attached hydrogens (tertiary/aromatic N) is 1. The summed E-state index contributed by atoms with van der Waals surface area (Å²) < 4.78 is 5.70. The molecule has 0 aromatic carbocycles. The molecule has 2 unspecified atom stereocenters. The molecule has 1 aliphatic rings. The highest BCUT2D eigenvalue weighted by Crippen LogP contribution is 2.20. The van der Waals surface area contributed by atoms with Gasteiger partial charge in [0.05, 0.1) is 6.07 Å². The van der Waals surface area contributed by atoms with Crippen LogP contribution in [0.4, 0.5) is 0 Å². The van der Waals surface area contributed by atoms with E-state index < -0.39 is 0 Å². The first-order valence-electron chi connectivity index (χ1n) is 4.88. The predicted octanol–water partition coefficient (Wildman–Crippen LogP) is 1.61. The molecule has 68 valence electrons. The summed E-state index contributed by atoms with van der Waals surface area (Å²) in [6.07, 6.45) is 4.89. The molecule has 0 saturated carbocycles. The molecule has 1 saturated heterocycles. The van der Waals surface area contributed by atoms with Gasteiger partial charge in [0.1, 0.15) is 0 Å². The summed E-state index contributed by atoms with van der Waals surface area (Å²) in [5.41, 5.74) is 0. The molecule has 0 bridgehead atoms. The first-order valence-corrected chi connectivity index (χ1v) is 6.45. The molecule has 0 aromatic rings. The zero-order chi connectivity index (χ0) is 8.81. The van der Waals surface area contributed by atoms with Crippen LogP contribution in [0.3, 0.4) is 0 Å². The van der Waals surface area contributed by atoms with Gasteiger partial charge in [-0.1, -0.05) is 13.3 Å². The number of nitriles is 1. The summed E-state index contributed by atoms with van der Waals surface area (Å²) in [4.78, 5) is 0. The van der Waals surface area contributed by atoms with Crippen molar-refractivity contribution in [2.24, 2.45) is 5.92 Å². The maximum Gasteiger partial charge on any atom is 0.161 e. The van der Waals surface area contributed by atoms with E-state index in [4.69, 9.17) is 9.69 Å². The normalized spacial score (nSPS) is 28.2. The summed E-state index contributed by atoms with van der Waals surface area (Å²) >= 11 is 0. The Morgan fingerprint density at radius 3 is 3.08 bits per heavy atom. The standard InChI is InChI=1S/C9H17NOSi/c1-2-8(7-10)6-9-4-3-5-12-11-9/h8-9H,2-6,12H2,1H3. The Hall–Kier alpha value is -0.333. The molecule has 3 heteroatoms. The van der Waals surface area contributed by atoms with Crippen molar-refractivity contribution in [2.45, 2.75) is 44.8 Å². The molecule has 0 N–H and O–H groups in total. The maximum atomic E-state index is 8.76. The maximum absolute atomic E-state index is 8.76. The Balaban J connectivity index is 2.24. The quantitative estimate of drug-likeness (QED) is 0.623. The minimum atomic E-state index is -0.207. The first kappa shape index (κ1) is 9.75. The van der Waals surface area contributed by atoms with E-state index in [1.54, 1.807) is 0 Å². The van der Waals surface area contributed by atoms with Crippen LogP contribution in [0.15, 0.2) is 0 Å². The van der Waals surface area contributed by atoms with Gasteiger partial charge in [-0.2, -0.15) is 5.26 Å². The molecule has 0 radical (unpaired) electrons. The molecule has 0 spiro atoms. The molecule has 2 atom stereocenters. The van der Waals surface area contributed by atoms with Crippen molar-refractivity contribution in [2.75, 3.05) is 0 Å². The van der Waals surface area contributed by atoms with E-state index in [1.165, 1.54) is 18.9 Å². The number of hydrogen-bond donors (Lipinski definition) is 0. The zero-order valence-corrected chi connectivity index (χ0v) is 9.17. The highest BCUT2D eigenvalue weighted by molar-refractivity contribution is 6.27. The fourth-order valence-electron chi connectivity index (χ4n) is 1.62. The first-order chi connectivity index (χ1) is 5.86. The number of rotatable bonds is 3. The molecule has 0 aliphatic carbocycles. The van der Waals surface area contributed by atoms with Crippen LogP contribution in [-0.4, -0.2) is 15.9 Å². The summed E-state index contributed by atoms with van der Waals surface area (Å²) in [6.45, 7) is 2.08. The van der Waals surface area contributed by atoms with Gasteiger partial charge >= 0.3 is 0 Å². The third-order valence-electron chi connectivity index (χ3n) is 2.50. The van der Waals surface area contributed by atoms with Gasteiger partial charge in [0.15, 0.2) is 9.76 Å². The van der Waals surface area contributed by atoms with E-state index in [1.807, 2.05) is 0 Å². The minimum Gasteiger partial charge on any atom is -0.421 e. The lowest BCUT2D eigenvalue weighted by Gasteiger charge is -2.24. The van der Waals surface area contributed by atoms with Gasteiger partial charge in [-0.15, -0.1) is 0 Å². The summed E-state index contributed by atoms with van der Waals surface area (Å²) in [6, 6.07) is 3.67. The van der Waals surface area contributed by atoms with Crippen molar-refractivity contribution in [1.82, 2.24) is 0 Å². The van der Waals surface area contributed by atoms with E-state index in [-0.39, 0.29) is 15.7 Å². The number of hydrogen-bond acceptors (Lipinski definition) is 2. The second-order valence-corrected chi connectivity index (χ2v) is 4.91. The fourth-order valence-corrected chi connectivity index (χ4v) is 2.92. The van der Waals surface area contributed by atoms with E-state index in [0.717, 1.165) is 12.8 Å². The average molecular weight is 183 g/mol. The van der Waals surface area contributed by atoms with E-state index in [0.29, 0.717) is 6.10 Å². The van der Waals surface area contributed by atoms with Crippen molar-refractivity contribution in [3.63, 3.8) is 0 Å². The van der Waals surface area contributed by atoms with Crippen molar-refractivity contribution in [3.05, 3.63) is 0 Å². The van der Waals surface area contributed by atoms with Crippen LogP contribution in [0.2, 0.25) is 6.04 Å². The molecule has 1 heterocycles. The molecule has 12 heavy (non-hydrogen) atoms. The lowest BCUT2D eigenvalue weighted by atomic mass is 9.98. The average Bonchev–Trinajstić information content (AvgIpc) is 2.16. The molecule has 1 aliphatic heterocycles. The van der Waals surface area contributed by atoms with Crippen LogP contribution in [-0.2, 0) is 4.43 Å². The molecule has 2 nitrogen and oxygen atoms in total. The highest BCUT2D eigenvalue weighted by Gasteiger charge is 2.17. The van der Waals surface area contributed by atoms with Crippen LogP contribution >= 0.6 is 0 Å². The fraction of sp³-hybridized carbons (Fsp3) is 0.889. The van der Waals surface area contributed by atoms with Crippen molar-refractivity contribution < 1.29 is 4.43 Å². The van der Waals surface area contributed by atoms with Crippen LogP contribution < -0.4 is 0 Å². The molecule has 0 amide bonds. The van der Waals surface area contributed by atoms with Crippen LogP contribution in [0, 0.1) is 17.2 Å². The van der Waals surface area contributed by atoms with Crippen molar-refractivity contribution in [1.29, 1.82) is 5.26 Å². The second kappa shape index (κ2) is 5.34. The SMILES string of the molecule is CCC(C#N)CC1CCC[SiH2]O1. The van der Waals surface area contributed by atoms with Gasteiger partial charge in [0.25, 0.3) is 0 Å². The van der Waals surface area contributed by atoms with Crippen LogP contribution in [0.1, 0.15) is 32.6 Å². The summed E-state index contributed by atoms with van der Waals surface area (Å²) in [7, 11) is -0.207. The highest BCUT2D eigenvalue weighted by atomic mass is 28.2. The van der Waals surface area contributed by atoms with Gasteiger partial charge in [0.2, 0.25) is 0 Å². The monoisotopic (exact) mass is 183 g/mol. The lowest BCUT2D eigenvalue weighted by molar-refractivity contribution is 0.158. The minimum absolute atomic E-state index is 0.207. The molecular weight excluding hydrogens is 166 g/mol. The van der Waals surface area contributed by atoms with E-state index in [9.17, 15) is 0 Å². The lowest BCUT2D eigenvalue weighted by Crippen LogP contribution is -2.23. The van der Waals surface area contributed by atoms with Gasteiger partial charge in [-0.05, 0) is 25.3 Å². The smallest absolute Gasteiger partial charge is 0.161 e. The van der Waals surface area contributed by atoms with E-state index in [2.05, 4.69) is 13.0 Å².